The van der Waals surface area contributed by atoms with Gasteiger partial charge in [0.25, 0.3) is 0 Å². The van der Waals surface area contributed by atoms with Crippen molar-refractivity contribution in [1.82, 2.24) is 4.57 Å². The van der Waals surface area contributed by atoms with Crippen LogP contribution in [0.5, 0.6) is 0 Å². The van der Waals surface area contributed by atoms with Crippen molar-refractivity contribution in [2.75, 3.05) is 4.90 Å². The van der Waals surface area contributed by atoms with E-state index in [-0.39, 0.29) is 0 Å². The average molecular weight is 677 g/mol. The lowest BCUT2D eigenvalue weighted by atomic mass is 9.98. The second-order valence-corrected chi connectivity index (χ2v) is 13.7. The third-order valence-electron chi connectivity index (χ3n) is 10.7. The van der Waals surface area contributed by atoms with Crippen LogP contribution >= 0.6 is 0 Å². The molecule has 0 amide bonds. The van der Waals surface area contributed by atoms with E-state index in [9.17, 15) is 0 Å². The molecule has 0 fully saturated rings. The molecular formula is C50H32N2O. The van der Waals surface area contributed by atoms with Crippen LogP contribution in [0.3, 0.4) is 0 Å². The average Bonchev–Trinajstić information content (AvgIpc) is 3.76. The Labute approximate surface area is 306 Å². The number of hydrogen-bond donors (Lipinski definition) is 0. The van der Waals surface area contributed by atoms with Gasteiger partial charge in [0.15, 0.2) is 0 Å². The molecule has 0 radical (unpaired) electrons. The number of aromatic nitrogens is 1. The largest absolute Gasteiger partial charge is 0.455 e. The summed E-state index contributed by atoms with van der Waals surface area (Å²) in [5.74, 6) is 0. The number of fused-ring (bicyclic) bond motifs is 8. The lowest BCUT2D eigenvalue weighted by Gasteiger charge is -2.29. The van der Waals surface area contributed by atoms with Crippen LogP contribution < -0.4 is 4.90 Å². The van der Waals surface area contributed by atoms with E-state index in [1.807, 2.05) is 0 Å². The predicted molar refractivity (Wildman–Crippen MR) is 223 cm³/mol. The second-order valence-electron chi connectivity index (χ2n) is 13.7. The van der Waals surface area contributed by atoms with Gasteiger partial charge in [-0.15, -0.1) is 0 Å². The smallest absolute Gasteiger partial charge is 0.143 e. The van der Waals surface area contributed by atoms with Gasteiger partial charge in [0.2, 0.25) is 0 Å². The Morgan fingerprint density at radius 1 is 0.377 bits per heavy atom. The zero-order valence-electron chi connectivity index (χ0n) is 28.8. The van der Waals surface area contributed by atoms with Crippen molar-refractivity contribution < 1.29 is 4.42 Å². The van der Waals surface area contributed by atoms with Crippen molar-refractivity contribution in [2.24, 2.45) is 0 Å². The van der Waals surface area contributed by atoms with Gasteiger partial charge in [-0.2, -0.15) is 0 Å². The van der Waals surface area contributed by atoms with E-state index in [0.29, 0.717) is 0 Å². The van der Waals surface area contributed by atoms with Crippen molar-refractivity contribution in [1.29, 1.82) is 0 Å². The van der Waals surface area contributed by atoms with E-state index >= 15 is 0 Å². The highest BCUT2D eigenvalue weighted by molar-refractivity contribution is 6.14. The topological polar surface area (TPSA) is 21.3 Å². The fourth-order valence-electron chi connectivity index (χ4n) is 8.37. The molecule has 3 nitrogen and oxygen atoms in total. The van der Waals surface area contributed by atoms with Crippen LogP contribution in [0.4, 0.5) is 17.1 Å². The minimum Gasteiger partial charge on any atom is -0.455 e. The molecule has 11 aromatic rings. The fraction of sp³-hybridized carbons (Fsp3) is 0. The number of nitrogens with zero attached hydrogens (tertiary/aromatic N) is 2. The Morgan fingerprint density at radius 3 is 1.75 bits per heavy atom. The SMILES string of the molecule is c1cc(N(c2ccccc2-c2cccc3c2oc2cc4ccccc4cc23)c2cccc3ccccc23)cc(-n2c3ccccc3c3ccccc32)c1. The molecule has 0 saturated carbocycles. The molecule has 0 N–H and O–H groups in total. The first-order chi connectivity index (χ1) is 26.3. The summed E-state index contributed by atoms with van der Waals surface area (Å²) in [6.45, 7) is 0. The molecule has 9 aromatic carbocycles. The molecule has 0 unspecified atom stereocenters. The van der Waals surface area contributed by atoms with Crippen molar-refractivity contribution in [2.45, 2.75) is 0 Å². The minimum absolute atomic E-state index is 0.891. The summed E-state index contributed by atoms with van der Waals surface area (Å²) in [6, 6.07) is 69.7. The second kappa shape index (κ2) is 11.7. The van der Waals surface area contributed by atoms with Gasteiger partial charge < -0.3 is 13.9 Å². The van der Waals surface area contributed by atoms with Gasteiger partial charge in [-0.05, 0) is 70.8 Å². The third-order valence-corrected chi connectivity index (χ3v) is 10.7. The van der Waals surface area contributed by atoms with Gasteiger partial charge in [0.05, 0.1) is 22.4 Å². The standard InChI is InChI=1S/C50H32N2O/c1-2-16-35-31-49-44(30-34(35)15-1)43-25-13-24-42(50(43)53-49)41-23-7-10-28-48(41)51(45-29-11-17-33-14-3-4-20-38(33)45)36-18-12-19-37(32-36)52-46-26-8-5-21-39(46)40-22-6-9-27-47(40)52/h1-32H. The summed E-state index contributed by atoms with van der Waals surface area (Å²) in [6.07, 6.45) is 0. The number of furan rings is 1. The van der Waals surface area contributed by atoms with Gasteiger partial charge in [0, 0.05) is 49.4 Å². The highest BCUT2D eigenvalue weighted by atomic mass is 16.3. The summed E-state index contributed by atoms with van der Waals surface area (Å²) >= 11 is 0. The molecule has 248 valence electrons. The van der Waals surface area contributed by atoms with E-state index in [1.54, 1.807) is 0 Å². The summed E-state index contributed by atoms with van der Waals surface area (Å²) in [4.78, 5) is 2.42. The molecule has 2 heterocycles. The quantitative estimate of drug-likeness (QED) is 0.181. The van der Waals surface area contributed by atoms with Crippen molar-refractivity contribution in [3.05, 3.63) is 194 Å². The van der Waals surface area contributed by atoms with Gasteiger partial charge in [0.1, 0.15) is 11.2 Å². The van der Waals surface area contributed by atoms with E-state index in [4.69, 9.17) is 4.42 Å². The molecule has 2 aromatic heterocycles. The lowest BCUT2D eigenvalue weighted by molar-refractivity contribution is 0.670. The van der Waals surface area contributed by atoms with Crippen LogP contribution in [0.2, 0.25) is 0 Å². The van der Waals surface area contributed by atoms with Crippen molar-refractivity contribution in [3.8, 4) is 16.8 Å². The first kappa shape index (κ1) is 29.6. The van der Waals surface area contributed by atoms with Crippen LogP contribution in [0, 0.1) is 0 Å². The zero-order valence-corrected chi connectivity index (χ0v) is 28.8. The summed E-state index contributed by atoms with van der Waals surface area (Å²) in [5, 5.41) is 9.49. The Hall–Kier alpha value is -7.10. The molecule has 11 rings (SSSR count). The maximum absolute atomic E-state index is 6.79. The van der Waals surface area contributed by atoms with Gasteiger partial charge >= 0.3 is 0 Å². The molecule has 0 aliphatic carbocycles. The molecule has 0 atom stereocenters. The van der Waals surface area contributed by atoms with Gasteiger partial charge in [-0.3, -0.25) is 0 Å². The molecule has 0 spiro atoms. The number of rotatable bonds is 5. The maximum atomic E-state index is 6.79. The Kier molecular flexibility index (Phi) is 6.55. The Balaban J connectivity index is 1.17. The van der Waals surface area contributed by atoms with Gasteiger partial charge in [-0.1, -0.05) is 140 Å². The van der Waals surface area contributed by atoms with Crippen LogP contribution in [0.25, 0.3) is 82.1 Å². The minimum atomic E-state index is 0.891. The molecular weight excluding hydrogens is 645 g/mol. The van der Waals surface area contributed by atoms with Crippen molar-refractivity contribution >= 4 is 82.4 Å². The van der Waals surface area contributed by atoms with E-state index in [1.165, 1.54) is 43.4 Å². The van der Waals surface area contributed by atoms with E-state index in [0.717, 1.165) is 55.8 Å². The first-order valence-electron chi connectivity index (χ1n) is 18.1. The van der Waals surface area contributed by atoms with Crippen LogP contribution in [-0.2, 0) is 0 Å². The summed E-state index contributed by atoms with van der Waals surface area (Å²) < 4.78 is 9.18. The van der Waals surface area contributed by atoms with E-state index < -0.39 is 0 Å². The monoisotopic (exact) mass is 676 g/mol. The van der Waals surface area contributed by atoms with Gasteiger partial charge in [-0.25, -0.2) is 0 Å². The summed E-state index contributed by atoms with van der Waals surface area (Å²) in [7, 11) is 0. The Morgan fingerprint density at radius 2 is 0.943 bits per heavy atom. The molecule has 0 bridgehead atoms. The molecule has 3 heteroatoms. The van der Waals surface area contributed by atoms with Crippen molar-refractivity contribution in [3.63, 3.8) is 0 Å². The fourth-order valence-corrected chi connectivity index (χ4v) is 8.37. The van der Waals surface area contributed by atoms with Crippen LogP contribution in [0.15, 0.2) is 199 Å². The third kappa shape index (κ3) is 4.61. The predicted octanol–water partition coefficient (Wildman–Crippen LogP) is 14.1. The lowest BCUT2D eigenvalue weighted by Crippen LogP contribution is -2.12. The van der Waals surface area contributed by atoms with Crippen LogP contribution in [-0.4, -0.2) is 4.57 Å². The highest BCUT2D eigenvalue weighted by Crippen LogP contribution is 2.46. The summed E-state index contributed by atoms with van der Waals surface area (Å²) in [5.41, 5.74) is 10.7. The number of anilines is 3. The molecule has 0 saturated heterocycles. The normalized spacial score (nSPS) is 11.8. The van der Waals surface area contributed by atoms with E-state index in [2.05, 4.69) is 204 Å². The first-order valence-corrected chi connectivity index (χ1v) is 18.1. The zero-order chi connectivity index (χ0) is 34.9. The molecule has 0 aliphatic heterocycles. The maximum Gasteiger partial charge on any atom is 0.143 e. The van der Waals surface area contributed by atoms with Crippen LogP contribution in [0.1, 0.15) is 0 Å². The highest BCUT2D eigenvalue weighted by Gasteiger charge is 2.22. The number of para-hydroxylation sites is 4. The number of hydrogen-bond acceptors (Lipinski definition) is 2. The number of benzene rings is 9. The Bertz CT molecular complexity index is 3140. The molecule has 0 aliphatic rings. The molecule has 53 heavy (non-hydrogen) atoms.